The van der Waals surface area contributed by atoms with E-state index in [0.29, 0.717) is 0 Å². The van der Waals surface area contributed by atoms with E-state index in [1.807, 2.05) is 0 Å². The second-order valence-electron chi connectivity index (χ2n) is 11.1. The molecule has 0 aliphatic rings. The molecule has 2 heterocycles. The molecule has 0 spiro atoms. The van der Waals surface area contributed by atoms with E-state index in [-0.39, 0.29) is 12.1 Å². The smallest absolute Gasteiger partial charge is 0.218 e. The molecule has 0 aliphatic carbocycles. The molecule has 0 radical (unpaired) electrons. The minimum absolute atomic E-state index is 0.0616. The number of nitrogens with zero attached hydrogens (tertiary/aromatic N) is 4. The van der Waals surface area contributed by atoms with Crippen molar-refractivity contribution < 1.29 is 9.13 Å². The Balaban J connectivity index is 1.45. The van der Waals surface area contributed by atoms with E-state index in [9.17, 15) is 0 Å². The molecule has 0 fully saturated rings. The van der Waals surface area contributed by atoms with Gasteiger partial charge in [-0.2, -0.15) is 9.13 Å². The molecule has 44 heavy (non-hydrogen) atoms. The van der Waals surface area contributed by atoms with Crippen molar-refractivity contribution in [2.24, 2.45) is 0 Å². The fourth-order valence-corrected chi connectivity index (χ4v) is 6.59. The lowest BCUT2D eigenvalue weighted by atomic mass is 9.92. The summed E-state index contributed by atoms with van der Waals surface area (Å²) in [7, 11) is 0. The van der Waals surface area contributed by atoms with Crippen LogP contribution in [0.2, 0.25) is 0 Å². The summed E-state index contributed by atoms with van der Waals surface area (Å²) in [6.07, 6.45) is 4.56. The summed E-state index contributed by atoms with van der Waals surface area (Å²) >= 11 is 0. The van der Waals surface area contributed by atoms with E-state index in [2.05, 4.69) is 201 Å². The van der Waals surface area contributed by atoms with E-state index in [4.69, 9.17) is 0 Å². The molecule has 2 atom stereocenters. The van der Waals surface area contributed by atoms with Gasteiger partial charge in [0.15, 0.2) is 34.2 Å². The van der Waals surface area contributed by atoms with Gasteiger partial charge < -0.3 is 0 Å². The Bertz CT molecular complexity index is 2010. The second-order valence-corrected chi connectivity index (χ2v) is 11.1. The van der Waals surface area contributed by atoms with E-state index >= 15 is 0 Å². The van der Waals surface area contributed by atoms with Crippen molar-refractivity contribution >= 4 is 22.1 Å². The third kappa shape index (κ3) is 4.48. The summed E-state index contributed by atoms with van der Waals surface area (Å²) in [6, 6.07) is 60.4. The van der Waals surface area contributed by atoms with Crippen molar-refractivity contribution in [2.45, 2.75) is 12.1 Å². The first-order chi connectivity index (χ1) is 21.9. The van der Waals surface area contributed by atoms with Crippen molar-refractivity contribution in [2.75, 3.05) is 0 Å². The van der Waals surface area contributed by atoms with Crippen molar-refractivity contribution in [1.29, 1.82) is 0 Å². The third-order valence-electron chi connectivity index (χ3n) is 8.57. The lowest BCUT2D eigenvalue weighted by Crippen LogP contribution is -2.53. The molecule has 0 N–H and O–H groups in total. The molecule has 4 heteroatoms. The van der Waals surface area contributed by atoms with E-state index in [0.717, 1.165) is 11.4 Å². The molecular formula is C40H32N4+2. The Kier molecular flexibility index (Phi) is 6.58. The van der Waals surface area contributed by atoms with Crippen LogP contribution in [0.3, 0.4) is 0 Å². The lowest BCUT2D eigenvalue weighted by molar-refractivity contribution is -0.781. The number of hydrogen-bond acceptors (Lipinski definition) is 0. The zero-order valence-electron chi connectivity index (χ0n) is 24.3. The topological polar surface area (TPSA) is 17.6 Å². The highest BCUT2D eigenvalue weighted by molar-refractivity contribution is 5.75. The van der Waals surface area contributed by atoms with Crippen LogP contribution in [-0.4, -0.2) is 9.13 Å². The van der Waals surface area contributed by atoms with Gasteiger partial charge in [0.2, 0.25) is 0 Å². The molecule has 8 rings (SSSR count). The van der Waals surface area contributed by atoms with Gasteiger partial charge in [-0.15, -0.1) is 0 Å². The monoisotopic (exact) mass is 568 g/mol. The molecule has 6 aromatic carbocycles. The van der Waals surface area contributed by atoms with Crippen LogP contribution in [0, 0.1) is 0 Å². The Labute approximate surface area is 257 Å². The molecule has 0 bridgehead atoms. The summed E-state index contributed by atoms with van der Waals surface area (Å²) < 4.78 is 9.56. The van der Waals surface area contributed by atoms with Crippen LogP contribution in [0.15, 0.2) is 183 Å². The summed E-state index contributed by atoms with van der Waals surface area (Å²) in [5, 5.41) is 0. The lowest BCUT2D eigenvalue weighted by Gasteiger charge is -2.24. The molecule has 210 valence electrons. The first-order valence-corrected chi connectivity index (χ1v) is 15.1. The summed E-state index contributed by atoms with van der Waals surface area (Å²) in [5.74, 6) is 0. The molecule has 0 aliphatic heterocycles. The van der Waals surface area contributed by atoms with Crippen molar-refractivity contribution in [3.8, 4) is 11.4 Å². The van der Waals surface area contributed by atoms with E-state index < -0.39 is 0 Å². The maximum Gasteiger partial charge on any atom is 0.250 e. The van der Waals surface area contributed by atoms with Gasteiger partial charge in [0, 0.05) is 11.1 Å². The standard InChI is InChI=1S/C40H32N4/c1-5-17-31(18-6-1)39(43-29-41(33-21-9-3-10-22-33)35-25-13-15-27-37(35)43)40(32-19-7-2-8-20-32)44-30-42(34-23-11-4-12-24-34)36-26-14-16-28-38(36)44/h1-30,39-40H/q+2/t39-,40-/m1/s1. The van der Waals surface area contributed by atoms with Crippen molar-refractivity contribution in [3.63, 3.8) is 0 Å². The van der Waals surface area contributed by atoms with Gasteiger partial charge in [0.25, 0.3) is 12.7 Å². The van der Waals surface area contributed by atoms with Gasteiger partial charge in [-0.25, -0.2) is 9.13 Å². The van der Waals surface area contributed by atoms with E-state index in [1.165, 1.54) is 33.2 Å². The summed E-state index contributed by atoms with van der Waals surface area (Å²) in [4.78, 5) is 0. The number of benzene rings is 6. The quantitative estimate of drug-likeness (QED) is 0.173. The Morgan fingerprint density at radius 1 is 0.341 bits per heavy atom. The van der Waals surface area contributed by atoms with Gasteiger partial charge in [0.1, 0.15) is 11.4 Å². The molecule has 2 aromatic heterocycles. The molecule has 0 saturated heterocycles. The highest BCUT2D eigenvalue weighted by atomic mass is 15.2. The van der Waals surface area contributed by atoms with E-state index in [1.54, 1.807) is 0 Å². The van der Waals surface area contributed by atoms with Gasteiger partial charge in [-0.3, -0.25) is 0 Å². The van der Waals surface area contributed by atoms with Crippen molar-refractivity contribution in [3.05, 3.63) is 194 Å². The number of para-hydroxylation sites is 6. The van der Waals surface area contributed by atoms with Gasteiger partial charge in [0.05, 0.1) is 0 Å². The van der Waals surface area contributed by atoms with Gasteiger partial charge in [-0.05, 0) is 48.5 Å². The Morgan fingerprint density at radius 2 is 0.659 bits per heavy atom. The fraction of sp³-hybridized carbons (Fsp3) is 0.0500. The van der Waals surface area contributed by atoms with Crippen LogP contribution in [0.1, 0.15) is 23.2 Å². The minimum atomic E-state index is -0.0616. The summed E-state index contributed by atoms with van der Waals surface area (Å²) in [6.45, 7) is 0. The first kappa shape index (κ1) is 25.9. The third-order valence-corrected chi connectivity index (χ3v) is 8.57. The van der Waals surface area contributed by atoms with Crippen LogP contribution < -0.4 is 9.13 Å². The average Bonchev–Trinajstić information content (AvgIpc) is 3.68. The zero-order valence-corrected chi connectivity index (χ0v) is 24.3. The number of aromatic nitrogens is 4. The van der Waals surface area contributed by atoms with Crippen LogP contribution >= 0.6 is 0 Å². The molecule has 0 amide bonds. The summed E-state index contributed by atoms with van der Waals surface area (Å²) in [5.41, 5.74) is 9.46. The molecule has 0 saturated carbocycles. The number of fused-ring (bicyclic) bond motifs is 2. The number of imidazole rings is 2. The SMILES string of the molecule is c1ccc([C@H]([C@@H](c2ccccc2)[n+]2cn(-c3ccccc3)c3ccccc32)[n+]2cn(-c3ccccc3)c3ccccc32)cc1. The van der Waals surface area contributed by atoms with Crippen LogP contribution in [0.4, 0.5) is 0 Å². The Hall–Kier alpha value is -5.74. The van der Waals surface area contributed by atoms with Crippen LogP contribution in [0.5, 0.6) is 0 Å². The van der Waals surface area contributed by atoms with Crippen molar-refractivity contribution in [1.82, 2.24) is 9.13 Å². The van der Waals surface area contributed by atoms with Crippen LogP contribution in [-0.2, 0) is 0 Å². The predicted molar refractivity (Wildman–Crippen MR) is 176 cm³/mol. The highest BCUT2D eigenvalue weighted by Gasteiger charge is 2.39. The fourth-order valence-electron chi connectivity index (χ4n) is 6.59. The molecule has 0 unspecified atom stereocenters. The number of rotatable bonds is 7. The highest BCUT2D eigenvalue weighted by Crippen LogP contribution is 2.33. The molecular weight excluding hydrogens is 536 g/mol. The normalized spacial score (nSPS) is 12.8. The zero-order chi connectivity index (χ0) is 29.3. The van der Waals surface area contributed by atoms with Crippen LogP contribution in [0.25, 0.3) is 33.4 Å². The molecule has 4 nitrogen and oxygen atoms in total. The minimum Gasteiger partial charge on any atom is -0.218 e. The average molecular weight is 569 g/mol. The Morgan fingerprint density at radius 3 is 1.05 bits per heavy atom. The second kappa shape index (κ2) is 11.2. The van der Waals surface area contributed by atoms with Gasteiger partial charge >= 0.3 is 0 Å². The number of hydrogen-bond donors (Lipinski definition) is 0. The maximum absolute atomic E-state index is 2.47. The largest absolute Gasteiger partial charge is 0.250 e. The maximum atomic E-state index is 2.47. The van der Waals surface area contributed by atoms with Gasteiger partial charge in [-0.1, -0.05) is 121 Å². The first-order valence-electron chi connectivity index (χ1n) is 15.1. The predicted octanol–water partition coefficient (Wildman–Crippen LogP) is 8.03. The molecule has 8 aromatic rings.